The molecule has 198 valence electrons. The van der Waals surface area contributed by atoms with Crippen LogP contribution >= 0.6 is 0 Å². The fourth-order valence-electron chi connectivity index (χ4n) is 4.57. The van der Waals surface area contributed by atoms with Crippen LogP contribution in [0.1, 0.15) is 22.8 Å². The number of carbonyl (C=O) groups excluding carboxylic acids is 2. The fraction of sp³-hybridized carbons (Fsp3) is 0.200. The van der Waals surface area contributed by atoms with Crippen LogP contribution in [0.3, 0.4) is 0 Å². The van der Waals surface area contributed by atoms with Gasteiger partial charge in [-0.2, -0.15) is 0 Å². The van der Waals surface area contributed by atoms with Crippen molar-refractivity contribution in [3.8, 4) is 11.3 Å². The van der Waals surface area contributed by atoms with E-state index in [0.717, 1.165) is 28.3 Å². The number of amides is 2. The number of hydrogen-bond donors (Lipinski definition) is 2. The molecule has 0 radical (unpaired) electrons. The van der Waals surface area contributed by atoms with Crippen LogP contribution in [0.2, 0.25) is 0 Å². The molecule has 39 heavy (non-hydrogen) atoms. The third-order valence-electron chi connectivity index (χ3n) is 6.71. The monoisotopic (exact) mass is 524 g/mol. The molecule has 1 saturated heterocycles. The minimum Gasteiger partial charge on any atom is -0.368 e. The molecule has 2 N–H and O–H groups in total. The Morgan fingerprint density at radius 3 is 2.26 bits per heavy atom. The summed E-state index contributed by atoms with van der Waals surface area (Å²) in [5.74, 6) is -0.124. The van der Waals surface area contributed by atoms with Crippen molar-refractivity contribution in [2.45, 2.75) is 13.8 Å². The lowest BCUT2D eigenvalue weighted by Crippen LogP contribution is -2.49. The van der Waals surface area contributed by atoms with Gasteiger partial charge in [-0.1, -0.05) is 18.2 Å². The number of halogens is 1. The Labute approximate surface area is 226 Å². The molecule has 1 fully saturated rings. The number of nitrogens with zero attached hydrogens (tertiary/aromatic N) is 4. The number of carbonyl (C=O) groups is 2. The van der Waals surface area contributed by atoms with E-state index in [0.29, 0.717) is 43.3 Å². The molecule has 0 aliphatic carbocycles. The van der Waals surface area contributed by atoms with Gasteiger partial charge in [-0.25, -0.2) is 14.4 Å². The summed E-state index contributed by atoms with van der Waals surface area (Å²) >= 11 is 0. The van der Waals surface area contributed by atoms with Gasteiger partial charge in [-0.05, 0) is 67.1 Å². The Kier molecular flexibility index (Phi) is 7.49. The number of piperazine rings is 1. The van der Waals surface area contributed by atoms with Gasteiger partial charge in [0.25, 0.3) is 5.91 Å². The van der Waals surface area contributed by atoms with E-state index < -0.39 is 0 Å². The average molecular weight is 525 g/mol. The third kappa shape index (κ3) is 6.04. The van der Waals surface area contributed by atoms with Crippen molar-refractivity contribution in [3.05, 3.63) is 95.9 Å². The Morgan fingerprint density at radius 1 is 0.872 bits per heavy atom. The standard InChI is InChI=1S/C30H29FN6O2/c1-20-26(4-3-5-27(20)31)29(39)37-18-16-36(17-19-37)25-12-10-24(11-13-25)34-30-32-15-14-28(35-30)22-6-8-23(9-7-22)33-21(2)38/h3-15H,16-19H2,1-2H3,(H,33,38)(H,32,34,35). The first-order chi connectivity index (χ1) is 18.9. The normalized spacial score (nSPS) is 13.2. The van der Waals surface area contributed by atoms with Crippen molar-refractivity contribution >= 4 is 34.8 Å². The van der Waals surface area contributed by atoms with Crippen molar-refractivity contribution in [1.29, 1.82) is 0 Å². The first kappa shape index (κ1) is 25.8. The molecule has 1 aliphatic rings. The highest BCUT2D eigenvalue weighted by Crippen LogP contribution is 2.24. The van der Waals surface area contributed by atoms with Gasteiger partial charge >= 0.3 is 0 Å². The first-order valence-corrected chi connectivity index (χ1v) is 12.7. The number of benzene rings is 3. The SMILES string of the molecule is CC(=O)Nc1ccc(-c2ccnc(Nc3ccc(N4CCN(C(=O)c5cccc(F)c5C)CC4)cc3)n2)cc1. The van der Waals surface area contributed by atoms with E-state index in [2.05, 4.69) is 25.5 Å². The van der Waals surface area contributed by atoms with E-state index >= 15 is 0 Å². The van der Waals surface area contributed by atoms with Crippen LogP contribution in [0.4, 0.5) is 27.4 Å². The van der Waals surface area contributed by atoms with Crippen LogP contribution in [0.25, 0.3) is 11.3 Å². The highest BCUT2D eigenvalue weighted by molar-refractivity contribution is 5.95. The lowest BCUT2D eigenvalue weighted by Gasteiger charge is -2.36. The number of nitrogens with one attached hydrogen (secondary N) is 2. The van der Waals surface area contributed by atoms with Crippen molar-refractivity contribution in [2.24, 2.45) is 0 Å². The molecule has 0 saturated carbocycles. The second-order valence-electron chi connectivity index (χ2n) is 9.39. The zero-order chi connectivity index (χ0) is 27.4. The minimum absolute atomic E-state index is 0.115. The van der Waals surface area contributed by atoms with Gasteiger partial charge in [0.2, 0.25) is 11.9 Å². The summed E-state index contributed by atoms with van der Waals surface area (Å²) in [4.78, 5) is 37.1. The number of rotatable bonds is 6. The molecule has 0 spiro atoms. The molecule has 1 aliphatic heterocycles. The largest absolute Gasteiger partial charge is 0.368 e. The lowest BCUT2D eigenvalue weighted by molar-refractivity contribution is -0.114. The Balaban J connectivity index is 1.19. The second-order valence-corrected chi connectivity index (χ2v) is 9.39. The molecule has 3 aromatic carbocycles. The predicted molar refractivity (Wildman–Crippen MR) is 151 cm³/mol. The topological polar surface area (TPSA) is 90.5 Å². The molecule has 0 bridgehead atoms. The summed E-state index contributed by atoms with van der Waals surface area (Å²) in [5, 5.41) is 6.01. The summed E-state index contributed by atoms with van der Waals surface area (Å²) in [7, 11) is 0. The van der Waals surface area contributed by atoms with Gasteiger partial charge in [0.15, 0.2) is 0 Å². The van der Waals surface area contributed by atoms with E-state index in [9.17, 15) is 14.0 Å². The summed E-state index contributed by atoms with van der Waals surface area (Å²) in [6.07, 6.45) is 1.70. The molecule has 2 heterocycles. The molecule has 9 heteroatoms. The van der Waals surface area contributed by atoms with Crippen LogP contribution in [0.5, 0.6) is 0 Å². The lowest BCUT2D eigenvalue weighted by atomic mass is 10.1. The van der Waals surface area contributed by atoms with Gasteiger partial charge in [-0.15, -0.1) is 0 Å². The quantitative estimate of drug-likeness (QED) is 0.358. The summed E-state index contributed by atoms with van der Waals surface area (Å²) in [6.45, 7) is 5.64. The van der Waals surface area contributed by atoms with Gasteiger partial charge < -0.3 is 20.4 Å². The molecule has 1 aromatic heterocycles. The van der Waals surface area contributed by atoms with Crippen LogP contribution in [-0.4, -0.2) is 52.9 Å². The zero-order valence-electron chi connectivity index (χ0n) is 21.8. The maximum Gasteiger partial charge on any atom is 0.254 e. The van der Waals surface area contributed by atoms with E-state index in [1.807, 2.05) is 54.6 Å². The zero-order valence-corrected chi connectivity index (χ0v) is 21.8. The average Bonchev–Trinajstić information content (AvgIpc) is 2.95. The number of aromatic nitrogens is 2. The fourth-order valence-corrected chi connectivity index (χ4v) is 4.57. The van der Waals surface area contributed by atoms with Crippen LogP contribution in [0.15, 0.2) is 79.0 Å². The Bertz CT molecular complexity index is 1480. The van der Waals surface area contributed by atoms with Gasteiger partial charge in [0.05, 0.1) is 5.69 Å². The second kappa shape index (κ2) is 11.3. The summed E-state index contributed by atoms with van der Waals surface area (Å²) in [5.41, 5.74) is 5.13. The molecular formula is C30H29FN6O2. The van der Waals surface area contributed by atoms with Crippen molar-refractivity contribution < 1.29 is 14.0 Å². The maximum atomic E-state index is 13.9. The molecule has 0 unspecified atom stereocenters. The molecular weight excluding hydrogens is 495 g/mol. The van der Waals surface area contributed by atoms with Crippen LogP contribution in [0, 0.1) is 12.7 Å². The van der Waals surface area contributed by atoms with E-state index in [-0.39, 0.29) is 17.6 Å². The predicted octanol–water partition coefficient (Wildman–Crippen LogP) is 5.26. The van der Waals surface area contributed by atoms with Crippen molar-refractivity contribution in [2.75, 3.05) is 41.7 Å². The molecule has 4 aromatic rings. The smallest absolute Gasteiger partial charge is 0.254 e. The summed E-state index contributed by atoms with van der Waals surface area (Å²) in [6, 6.07) is 22.0. The molecule has 2 amide bonds. The molecule has 0 atom stereocenters. The first-order valence-electron chi connectivity index (χ1n) is 12.7. The number of hydrogen-bond acceptors (Lipinski definition) is 6. The molecule has 5 rings (SSSR count). The Hall–Kier alpha value is -4.79. The molecule has 8 nitrogen and oxygen atoms in total. The third-order valence-corrected chi connectivity index (χ3v) is 6.71. The van der Waals surface area contributed by atoms with Crippen molar-refractivity contribution in [1.82, 2.24) is 14.9 Å². The van der Waals surface area contributed by atoms with Crippen molar-refractivity contribution in [3.63, 3.8) is 0 Å². The number of anilines is 4. The maximum absolute atomic E-state index is 13.9. The highest BCUT2D eigenvalue weighted by atomic mass is 19.1. The van der Waals surface area contributed by atoms with Gasteiger partial charge in [0.1, 0.15) is 5.82 Å². The van der Waals surface area contributed by atoms with E-state index in [4.69, 9.17) is 0 Å². The summed E-state index contributed by atoms with van der Waals surface area (Å²) < 4.78 is 13.9. The van der Waals surface area contributed by atoms with Crippen LogP contribution < -0.4 is 15.5 Å². The Morgan fingerprint density at radius 2 is 1.56 bits per heavy atom. The van der Waals surface area contributed by atoms with Gasteiger partial charge in [0, 0.05) is 67.5 Å². The van der Waals surface area contributed by atoms with Gasteiger partial charge in [-0.3, -0.25) is 9.59 Å². The van der Waals surface area contributed by atoms with E-state index in [1.54, 1.807) is 30.2 Å². The van der Waals surface area contributed by atoms with E-state index in [1.165, 1.54) is 13.0 Å². The minimum atomic E-state index is -0.359. The van der Waals surface area contributed by atoms with Crippen LogP contribution in [-0.2, 0) is 4.79 Å². The highest BCUT2D eigenvalue weighted by Gasteiger charge is 2.24.